The van der Waals surface area contributed by atoms with Crippen LogP contribution in [0.1, 0.15) is 0 Å². The molecule has 0 aliphatic carbocycles. The van der Waals surface area contributed by atoms with Gasteiger partial charge in [-0.05, 0) is 30.3 Å². The number of rotatable bonds is 2. The van der Waals surface area contributed by atoms with E-state index in [9.17, 15) is 9.59 Å². The number of nitrogens with one attached hydrogen (secondary N) is 1. The van der Waals surface area contributed by atoms with E-state index in [4.69, 9.17) is 13.9 Å². The third kappa shape index (κ3) is 2.71. The highest BCUT2D eigenvalue weighted by molar-refractivity contribution is 5.82. The number of ether oxygens (including phenoxy) is 2. The number of likely N-dealkylation sites (N-methyl/N-ethyl adjacent to an activating group) is 1. The number of carbonyl (C=O) groups excluding carboxylic acids is 1. The number of hydrogen-bond acceptors (Lipinski definition) is 5. The van der Waals surface area contributed by atoms with E-state index in [1.54, 1.807) is 43.4 Å². The first kappa shape index (κ1) is 15.3. The zero-order chi connectivity index (χ0) is 17.4. The van der Waals surface area contributed by atoms with Crippen molar-refractivity contribution in [1.82, 2.24) is 5.32 Å². The van der Waals surface area contributed by atoms with Crippen LogP contribution < -0.4 is 20.2 Å². The lowest BCUT2D eigenvalue weighted by Crippen LogP contribution is -2.42. The van der Waals surface area contributed by atoms with Crippen LogP contribution in [-0.2, 0) is 4.79 Å². The summed E-state index contributed by atoms with van der Waals surface area (Å²) in [5.41, 5.74) is 1.12. The highest BCUT2D eigenvalue weighted by Crippen LogP contribution is 2.36. The number of para-hydroxylation sites is 1. The van der Waals surface area contributed by atoms with Crippen LogP contribution in [0.25, 0.3) is 22.3 Å². The molecule has 2 aromatic carbocycles. The summed E-state index contributed by atoms with van der Waals surface area (Å²) in [5, 5.41) is 3.07. The largest absolute Gasteiger partial charge is 0.485 e. The number of amides is 1. The normalized spacial score (nSPS) is 15.8. The fourth-order valence-electron chi connectivity index (χ4n) is 2.76. The maximum Gasteiger partial charge on any atom is 0.264 e. The Hall–Kier alpha value is -3.28. The number of hydrogen-bond donors (Lipinski definition) is 1. The molecular weight excluding hydrogens is 322 g/mol. The van der Waals surface area contributed by atoms with Gasteiger partial charge in [0.05, 0.1) is 5.39 Å². The van der Waals surface area contributed by atoms with E-state index in [1.807, 2.05) is 6.07 Å². The molecular formula is C19H15NO5. The average Bonchev–Trinajstić information content (AvgIpc) is 2.66. The zero-order valence-corrected chi connectivity index (χ0v) is 13.4. The molecule has 0 saturated heterocycles. The van der Waals surface area contributed by atoms with Gasteiger partial charge in [-0.25, -0.2) is 0 Å². The summed E-state index contributed by atoms with van der Waals surface area (Å²) in [4.78, 5) is 23.9. The second-order valence-corrected chi connectivity index (χ2v) is 5.66. The molecule has 2 heterocycles. The Kier molecular flexibility index (Phi) is 3.65. The minimum Gasteiger partial charge on any atom is -0.485 e. The van der Waals surface area contributed by atoms with Crippen molar-refractivity contribution in [3.8, 4) is 22.8 Å². The molecule has 6 heteroatoms. The van der Waals surface area contributed by atoms with Gasteiger partial charge in [0.1, 0.15) is 18.0 Å². The molecule has 1 aromatic heterocycles. The summed E-state index contributed by atoms with van der Waals surface area (Å²) in [6, 6.07) is 13.8. The Bertz CT molecular complexity index is 1020. The predicted molar refractivity (Wildman–Crippen MR) is 91.9 cm³/mol. The summed E-state index contributed by atoms with van der Waals surface area (Å²) in [6.45, 7) is 0.123. The molecule has 1 aliphatic heterocycles. The average molecular weight is 337 g/mol. The van der Waals surface area contributed by atoms with Crippen LogP contribution in [0.5, 0.6) is 11.5 Å². The van der Waals surface area contributed by atoms with Crippen molar-refractivity contribution in [2.75, 3.05) is 13.7 Å². The van der Waals surface area contributed by atoms with Crippen LogP contribution in [0.4, 0.5) is 0 Å². The third-order valence-electron chi connectivity index (χ3n) is 4.06. The summed E-state index contributed by atoms with van der Waals surface area (Å²) in [6.07, 6.45) is -0.679. The smallest absolute Gasteiger partial charge is 0.264 e. The van der Waals surface area contributed by atoms with Crippen LogP contribution in [0.15, 0.2) is 57.7 Å². The van der Waals surface area contributed by atoms with E-state index < -0.39 is 6.10 Å². The molecule has 126 valence electrons. The highest BCUT2D eigenvalue weighted by Gasteiger charge is 2.27. The van der Waals surface area contributed by atoms with E-state index in [1.165, 1.54) is 6.07 Å². The second-order valence-electron chi connectivity index (χ2n) is 5.66. The van der Waals surface area contributed by atoms with Crippen molar-refractivity contribution in [2.24, 2.45) is 0 Å². The fourth-order valence-corrected chi connectivity index (χ4v) is 2.76. The molecule has 0 radical (unpaired) electrons. The topological polar surface area (TPSA) is 77.8 Å². The quantitative estimate of drug-likeness (QED) is 0.777. The first-order chi connectivity index (χ1) is 12.2. The molecule has 1 N–H and O–H groups in total. The lowest BCUT2D eigenvalue weighted by molar-refractivity contribution is -0.129. The molecule has 0 bridgehead atoms. The van der Waals surface area contributed by atoms with E-state index in [-0.39, 0.29) is 17.9 Å². The summed E-state index contributed by atoms with van der Waals surface area (Å²) in [5.74, 6) is 1.19. The van der Waals surface area contributed by atoms with Crippen molar-refractivity contribution in [2.45, 2.75) is 6.10 Å². The first-order valence-corrected chi connectivity index (χ1v) is 7.84. The molecule has 25 heavy (non-hydrogen) atoms. The van der Waals surface area contributed by atoms with Crippen molar-refractivity contribution < 1.29 is 18.7 Å². The van der Waals surface area contributed by atoms with E-state index in [0.717, 1.165) is 0 Å². The van der Waals surface area contributed by atoms with Gasteiger partial charge in [-0.3, -0.25) is 9.59 Å². The molecule has 6 nitrogen and oxygen atoms in total. The maximum absolute atomic E-state index is 12.3. The minimum atomic E-state index is -0.679. The van der Waals surface area contributed by atoms with Crippen molar-refractivity contribution >= 4 is 16.9 Å². The van der Waals surface area contributed by atoms with Gasteiger partial charge >= 0.3 is 0 Å². The SMILES string of the molecule is CNC(=O)C1COc2cc(-c3cc(=O)c4ccccc4o3)ccc2O1. The van der Waals surface area contributed by atoms with E-state index >= 15 is 0 Å². The minimum absolute atomic E-state index is 0.105. The Balaban J connectivity index is 1.72. The molecule has 0 spiro atoms. The van der Waals surface area contributed by atoms with Crippen molar-refractivity contribution in [1.29, 1.82) is 0 Å². The van der Waals surface area contributed by atoms with Crippen LogP contribution in [0.3, 0.4) is 0 Å². The van der Waals surface area contributed by atoms with Gasteiger partial charge in [0, 0.05) is 18.7 Å². The Morgan fingerprint density at radius 3 is 2.80 bits per heavy atom. The van der Waals surface area contributed by atoms with Gasteiger partial charge in [-0.15, -0.1) is 0 Å². The number of carbonyl (C=O) groups is 1. The second kappa shape index (κ2) is 5.98. The lowest BCUT2D eigenvalue weighted by atomic mass is 10.1. The monoisotopic (exact) mass is 337 g/mol. The summed E-state index contributed by atoms with van der Waals surface area (Å²) in [7, 11) is 1.55. The summed E-state index contributed by atoms with van der Waals surface area (Å²) >= 11 is 0. The first-order valence-electron chi connectivity index (χ1n) is 7.84. The molecule has 1 atom stereocenters. The zero-order valence-electron chi connectivity index (χ0n) is 13.4. The van der Waals surface area contributed by atoms with E-state index in [0.29, 0.717) is 33.8 Å². The van der Waals surface area contributed by atoms with Crippen LogP contribution in [-0.4, -0.2) is 25.7 Å². The van der Waals surface area contributed by atoms with Gasteiger partial charge in [-0.2, -0.15) is 0 Å². The number of fused-ring (bicyclic) bond motifs is 2. The van der Waals surface area contributed by atoms with Crippen molar-refractivity contribution in [3.05, 3.63) is 58.8 Å². The van der Waals surface area contributed by atoms with Crippen LogP contribution in [0.2, 0.25) is 0 Å². The Labute approximate surface area is 143 Å². The fraction of sp³-hybridized carbons (Fsp3) is 0.158. The lowest BCUT2D eigenvalue weighted by Gasteiger charge is -2.25. The molecule has 1 unspecified atom stereocenters. The highest BCUT2D eigenvalue weighted by atomic mass is 16.6. The van der Waals surface area contributed by atoms with Gasteiger partial charge in [0.25, 0.3) is 5.91 Å². The van der Waals surface area contributed by atoms with Crippen molar-refractivity contribution in [3.63, 3.8) is 0 Å². The molecule has 0 saturated carbocycles. The maximum atomic E-state index is 12.3. The third-order valence-corrected chi connectivity index (χ3v) is 4.06. The van der Waals surface area contributed by atoms with Gasteiger partial charge in [0.2, 0.25) is 6.10 Å². The van der Waals surface area contributed by atoms with Gasteiger partial charge < -0.3 is 19.2 Å². The van der Waals surface area contributed by atoms with Crippen LogP contribution in [0, 0.1) is 0 Å². The Morgan fingerprint density at radius 2 is 1.96 bits per heavy atom. The van der Waals surface area contributed by atoms with Crippen LogP contribution >= 0.6 is 0 Å². The molecule has 0 fully saturated rings. The molecule has 4 rings (SSSR count). The Morgan fingerprint density at radius 1 is 1.12 bits per heavy atom. The van der Waals surface area contributed by atoms with Gasteiger partial charge in [0.15, 0.2) is 16.9 Å². The molecule has 1 aliphatic rings. The molecule has 3 aromatic rings. The summed E-state index contributed by atoms with van der Waals surface area (Å²) < 4.78 is 17.1. The van der Waals surface area contributed by atoms with Gasteiger partial charge in [-0.1, -0.05) is 12.1 Å². The predicted octanol–water partition coefficient (Wildman–Crippen LogP) is 2.35. The molecule has 1 amide bonds. The standard InChI is InChI=1S/C19H15NO5/c1-20-19(22)18-10-23-17-8-11(6-7-15(17)25-18)16-9-13(21)12-4-2-3-5-14(12)24-16/h2-9,18H,10H2,1H3,(H,20,22). The number of benzene rings is 2. The van der Waals surface area contributed by atoms with E-state index in [2.05, 4.69) is 5.32 Å².